The second-order valence-electron chi connectivity index (χ2n) is 3.87. The van der Waals surface area contributed by atoms with E-state index in [4.69, 9.17) is 4.42 Å². The predicted molar refractivity (Wildman–Crippen MR) is 56.5 cm³/mol. The van der Waals surface area contributed by atoms with Gasteiger partial charge in [-0.1, -0.05) is 0 Å². The first-order valence-corrected chi connectivity index (χ1v) is 5.01. The van der Waals surface area contributed by atoms with Crippen molar-refractivity contribution in [2.24, 2.45) is 0 Å². The van der Waals surface area contributed by atoms with Gasteiger partial charge in [-0.25, -0.2) is 4.79 Å². The van der Waals surface area contributed by atoms with E-state index in [0.717, 1.165) is 22.7 Å². The van der Waals surface area contributed by atoms with Crippen LogP contribution in [-0.2, 0) is 14.3 Å². The molecule has 0 spiro atoms. The molecule has 4 heteroatoms. The molecule has 1 aliphatic heterocycles. The van der Waals surface area contributed by atoms with Crippen LogP contribution in [0.25, 0.3) is 5.57 Å². The molecule has 1 aromatic rings. The zero-order valence-electron chi connectivity index (χ0n) is 9.42. The molecule has 1 saturated heterocycles. The van der Waals surface area contributed by atoms with E-state index in [-0.39, 0.29) is 6.42 Å². The van der Waals surface area contributed by atoms with Crippen molar-refractivity contribution in [2.75, 3.05) is 0 Å². The van der Waals surface area contributed by atoms with Crippen LogP contribution in [0.5, 0.6) is 0 Å². The number of ether oxygens (including phenoxy) is 1. The molecule has 0 N–H and O–H groups in total. The lowest BCUT2D eigenvalue weighted by Gasteiger charge is -2.00. The van der Waals surface area contributed by atoms with Crippen molar-refractivity contribution in [1.29, 1.82) is 0 Å². The number of esters is 2. The van der Waals surface area contributed by atoms with E-state index in [9.17, 15) is 9.59 Å². The Hall–Kier alpha value is -1.84. The third-order valence-corrected chi connectivity index (χ3v) is 2.67. The minimum atomic E-state index is -0.541. The summed E-state index contributed by atoms with van der Waals surface area (Å²) in [5.74, 6) is 0.498. The van der Waals surface area contributed by atoms with Gasteiger partial charge >= 0.3 is 11.9 Å². The standard InChI is InChI=1S/C12H12O4/c1-6-4-9(8(3)15-6)7(2)10-5-11(13)16-12(10)14/h4H,5H2,1-3H3/b10-7+. The third-order valence-electron chi connectivity index (χ3n) is 2.67. The van der Waals surface area contributed by atoms with E-state index in [2.05, 4.69) is 4.74 Å². The quantitative estimate of drug-likeness (QED) is 0.413. The van der Waals surface area contributed by atoms with E-state index in [0.29, 0.717) is 5.57 Å². The van der Waals surface area contributed by atoms with Gasteiger partial charge in [0.1, 0.15) is 11.5 Å². The fraction of sp³-hybridized carbons (Fsp3) is 0.333. The highest BCUT2D eigenvalue weighted by atomic mass is 16.6. The maximum absolute atomic E-state index is 11.4. The number of carbonyl (C=O) groups is 2. The molecule has 1 aromatic heterocycles. The molecule has 0 aromatic carbocycles. The second-order valence-corrected chi connectivity index (χ2v) is 3.87. The van der Waals surface area contributed by atoms with Gasteiger partial charge in [0.2, 0.25) is 0 Å². The summed E-state index contributed by atoms with van der Waals surface area (Å²) in [4.78, 5) is 22.4. The maximum atomic E-state index is 11.4. The fourth-order valence-corrected chi connectivity index (χ4v) is 1.87. The van der Waals surface area contributed by atoms with Crippen LogP contribution in [0.3, 0.4) is 0 Å². The highest BCUT2D eigenvalue weighted by molar-refractivity contribution is 6.10. The molecule has 0 atom stereocenters. The summed E-state index contributed by atoms with van der Waals surface area (Å²) < 4.78 is 9.88. The first-order chi connectivity index (χ1) is 7.49. The van der Waals surface area contributed by atoms with E-state index < -0.39 is 11.9 Å². The van der Waals surface area contributed by atoms with Crippen LogP contribution < -0.4 is 0 Å². The van der Waals surface area contributed by atoms with Gasteiger partial charge in [0.25, 0.3) is 0 Å². The van der Waals surface area contributed by atoms with Crippen molar-refractivity contribution in [3.63, 3.8) is 0 Å². The van der Waals surface area contributed by atoms with E-state index in [1.807, 2.05) is 19.9 Å². The third kappa shape index (κ3) is 1.66. The summed E-state index contributed by atoms with van der Waals surface area (Å²) in [5.41, 5.74) is 2.04. The number of furan rings is 1. The Bertz CT molecular complexity index is 505. The smallest absolute Gasteiger partial charge is 0.342 e. The Labute approximate surface area is 92.9 Å². The molecule has 0 unspecified atom stereocenters. The molecule has 0 bridgehead atoms. The molecule has 2 rings (SSSR count). The highest BCUT2D eigenvalue weighted by Gasteiger charge is 2.29. The average Bonchev–Trinajstić information content (AvgIpc) is 2.68. The largest absolute Gasteiger partial charge is 0.466 e. The first kappa shape index (κ1) is 10.7. The minimum absolute atomic E-state index is 0.0499. The summed E-state index contributed by atoms with van der Waals surface area (Å²) in [6.07, 6.45) is 0.0499. The molecular weight excluding hydrogens is 208 g/mol. The maximum Gasteiger partial charge on any atom is 0.342 e. The SMILES string of the molecule is C/C(=C1/CC(=O)OC1=O)c1cc(C)oc1C. The molecule has 4 nitrogen and oxygen atoms in total. The zero-order valence-corrected chi connectivity index (χ0v) is 9.42. The molecule has 1 fully saturated rings. The monoisotopic (exact) mass is 220 g/mol. The van der Waals surface area contributed by atoms with Gasteiger partial charge in [-0.15, -0.1) is 0 Å². The van der Waals surface area contributed by atoms with Gasteiger partial charge in [-0.05, 0) is 32.4 Å². The molecule has 2 heterocycles. The highest BCUT2D eigenvalue weighted by Crippen LogP contribution is 2.29. The van der Waals surface area contributed by atoms with Crippen molar-refractivity contribution in [3.05, 3.63) is 28.7 Å². The Kier molecular flexibility index (Phi) is 2.42. The average molecular weight is 220 g/mol. The summed E-state index contributed by atoms with van der Waals surface area (Å²) in [6.45, 7) is 5.47. The van der Waals surface area contributed by atoms with Gasteiger partial charge in [0, 0.05) is 5.56 Å². The molecule has 16 heavy (non-hydrogen) atoms. The molecule has 1 aliphatic rings. The molecular formula is C12H12O4. The number of aryl methyl sites for hydroxylation is 2. The van der Waals surface area contributed by atoms with Crippen molar-refractivity contribution in [2.45, 2.75) is 27.2 Å². The Balaban J connectivity index is 2.48. The zero-order chi connectivity index (χ0) is 11.9. The molecule has 0 saturated carbocycles. The number of carbonyl (C=O) groups excluding carboxylic acids is 2. The normalized spacial score (nSPS) is 18.9. The van der Waals surface area contributed by atoms with Crippen molar-refractivity contribution >= 4 is 17.5 Å². The lowest BCUT2D eigenvalue weighted by molar-refractivity contribution is -0.151. The Morgan fingerprint density at radius 2 is 2.00 bits per heavy atom. The van der Waals surface area contributed by atoms with Gasteiger partial charge in [-0.3, -0.25) is 4.79 Å². The summed E-state index contributed by atoms with van der Waals surface area (Å²) in [7, 11) is 0. The molecule has 0 radical (unpaired) electrons. The summed E-state index contributed by atoms with van der Waals surface area (Å²) in [5, 5.41) is 0. The Morgan fingerprint density at radius 3 is 2.44 bits per heavy atom. The summed E-state index contributed by atoms with van der Waals surface area (Å²) >= 11 is 0. The van der Waals surface area contributed by atoms with Crippen molar-refractivity contribution in [1.82, 2.24) is 0 Å². The summed E-state index contributed by atoms with van der Waals surface area (Å²) in [6, 6.07) is 1.85. The van der Waals surface area contributed by atoms with Gasteiger partial charge < -0.3 is 9.15 Å². The number of hydrogen-bond acceptors (Lipinski definition) is 4. The fourth-order valence-electron chi connectivity index (χ4n) is 1.87. The van der Waals surface area contributed by atoms with Crippen LogP contribution >= 0.6 is 0 Å². The lowest BCUT2D eigenvalue weighted by Crippen LogP contribution is -1.98. The van der Waals surface area contributed by atoms with Crippen LogP contribution in [0, 0.1) is 13.8 Å². The minimum Gasteiger partial charge on any atom is -0.466 e. The second kappa shape index (κ2) is 3.63. The van der Waals surface area contributed by atoms with Crippen LogP contribution in [0.1, 0.15) is 30.4 Å². The number of rotatable bonds is 1. The van der Waals surface area contributed by atoms with E-state index >= 15 is 0 Å². The van der Waals surface area contributed by atoms with Gasteiger partial charge in [0.15, 0.2) is 0 Å². The van der Waals surface area contributed by atoms with Gasteiger partial charge in [-0.2, -0.15) is 0 Å². The van der Waals surface area contributed by atoms with Crippen LogP contribution in [0.15, 0.2) is 16.1 Å². The van der Waals surface area contributed by atoms with Crippen LogP contribution in [0.2, 0.25) is 0 Å². The van der Waals surface area contributed by atoms with E-state index in [1.165, 1.54) is 0 Å². The van der Waals surface area contributed by atoms with E-state index in [1.54, 1.807) is 6.92 Å². The van der Waals surface area contributed by atoms with Crippen molar-refractivity contribution < 1.29 is 18.7 Å². The molecule has 0 amide bonds. The van der Waals surface area contributed by atoms with Crippen LogP contribution in [0.4, 0.5) is 0 Å². The van der Waals surface area contributed by atoms with Crippen LogP contribution in [-0.4, -0.2) is 11.9 Å². The lowest BCUT2D eigenvalue weighted by atomic mass is 10.0. The number of hydrogen-bond donors (Lipinski definition) is 0. The number of allylic oxidation sites excluding steroid dienone is 1. The van der Waals surface area contributed by atoms with Gasteiger partial charge in [0.05, 0.1) is 12.0 Å². The number of cyclic esters (lactones) is 2. The molecule has 0 aliphatic carbocycles. The van der Waals surface area contributed by atoms with Crippen molar-refractivity contribution in [3.8, 4) is 0 Å². The predicted octanol–water partition coefficient (Wildman–Crippen LogP) is 2.14. The first-order valence-electron chi connectivity index (χ1n) is 5.01. The Morgan fingerprint density at radius 1 is 1.31 bits per heavy atom. The molecule has 84 valence electrons. The topological polar surface area (TPSA) is 56.5 Å².